The second-order valence-corrected chi connectivity index (χ2v) is 7.61. The summed E-state index contributed by atoms with van der Waals surface area (Å²) in [4.78, 5) is 16.2. The molecule has 0 saturated heterocycles. The number of anilines is 5. The van der Waals surface area contributed by atoms with Gasteiger partial charge in [-0.3, -0.25) is 10.00 Å². The van der Waals surface area contributed by atoms with Crippen molar-refractivity contribution < 1.29 is 13.9 Å². The third kappa shape index (κ3) is 5.77. The predicted octanol–water partition coefficient (Wildman–Crippen LogP) is 4.23. The second kappa shape index (κ2) is 8.49. The van der Waals surface area contributed by atoms with Gasteiger partial charge < -0.3 is 15.4 Å². The van der Waals surface area contributed by atoms with E-state index < -0.39 is 17.5 Å². The minimum Gasteiger partial charge on any atom is -0.444 e. The molecule has 3 N–H and O–H groups in total. The average Bonchev–Trinajstić information content (AvgIpc) is 3.04. The summed E-state index contributed by atoms with van der Waals surface area (Å²) < 4.78 is 21.1. The van der Waals surface area contributed by atoms with Crippen LogP contribution in [0.25, 0.3) is 0 Å². The summed E-state index contributed by atoms with van der Waals surface area (Å²) >= 11 is 6.05. The van der Waals surface area contributed by atoms with E-state index in [1.54, 1.807) is 44.9 Å². The van der Waals surface area contributed by atoms with Crippen LogP contribution in [0.2, 0.25) is 5.15 Å². The predicted molar refractivity (Wildman–Crippen MR) is 111 cm³/mol. The molecule has 0 radical (unpaired) electrons. The Balaban J connectivity index is 1.78. The third-order valence-corrected chi connectivity index (χ3v) is 3.73. The highest BCUT2D eigenvalue weighted by Crippen LogP contribution is 2.27. The Labute approximate surface area is 176 Å². The number of carbonyl (C=O) groups excluding carboxylic acids is 1. The minimum atomic E-state index is -0.664. The Kier molecular flexibility index (Phi) is 6.01. The lowest BCUT2D eigenvalue weighted by Gasteiger charge is -2.20. The number of amides is 1. The van der Waals surface area contributed by atoms with Crippen LogP contribution in [-0.2, 0) is 11.8 Å². The molecule has 10 nitrogen and oxygen atoms in total. The standard InChI is InChI=1S/C18H20ClFN8O2/c1-18(2,3)30-17(29)23-10-5-6-12(20)13(7-10)24-15-14(19)26-27-16(25-15)22-11-8-21-28(4)9-11/h5-9H,1-4H3,(H,23,29)(H2,22,24,25,27). The van der Waals surface area contributed by atoms with Gasteiger partial charge in [0.05, 0.1) is 17.6 Å². The van der Waals surface area contributed by atoms with Gasteiger partial charge in [0.25, 0.3) is 0 Å². The molecule has 3 rings (SSSR count). The molecule has 0 saturated carbocycles. The number of hydrogen-bond donors (Lipinski definition) is 3. The van der Waals surface area contributed by atoms with E-state index in [1.807, 2.05) is 0 Å². The maximum absolute atomic E-state index is 14.3. The molecule has 1 aromatic carbocycles. The van der Waals surface area contributed by atoms with Crippen LogP contribution in [-0.4, -0.2) is 36.7 Å². The Hall–Kier alpha value is -3.47. The number of ether oxygens (including phenoxy) is 1. The number of nitrogens with zero attached hydrogens (tertiary/aromatic N) is 5. The van der Waals surface area contributed by atoms with Crippen molar-refractivity contribution in [1.82, 2.24) is 25.0 Å². The fourth-order valence-electron chi connectivity index (χ4n) is 2.31. The molecule has 30 heavy (non-hydrogen) atoms. The van der Waals surface area contributed by atoms with Crippen LogP contribution in [0.15, 0.2) is 30.6 Å². The molecule has 0 aliphatic rings. The SMILES string of the molecule is Cn1cc(Nc2nnc(Cl)c(Nc3cc(NC(=O)OC(C)(C)C)ccc3F)n2)cn1. The number of halogens is 2. The monoisotopic (exact) mass is 434 g/mol. The quantitative estimate of drug-likeness (QED) is 0.545. The molecular weight excluding hydrogens is 415 g/mol. The Bertz CT molecular complexity index is 1070. The van der Waals surface area contributed by atoms with Gasteiger partial charge in [-0.05, 0) is 39.0 Å². The Morgan fingerprint density at radius 3 is 2.63 bits per heavy atom. The Morgan fingerprint density at radius 1 is 1.20 bits per heavy atom. The lowest BCUT2D eigenvalue weighted by Crippen LogP contribution is -2.27. The summed E-state index contributed by atoms with van der Waals surface area (Å²) in [6, 6.07) is 3.97. The van der Waals surface area contributed by atoms with Crippen LogP contribution in [0.3, 0.4) is 0 Å². The molecular formula is C18H20ClFN8O2. The fraction of sp³-hybridized carbons (Fsp3) is 0.278. The van der Waals surface area contributed by atoms with Crippen LogP contribution < -0.4 is 16.0 Å². The molecule has 1 amide bonds. The van der Waals surface area contributed by atoms with Gasteiger partial charge in [-0.2, -0.15) is 10.1 Å². The molecule has 2 aromatic heterocycles. The molecule has 0 aliphatic carbocycles. The van der Waals surface area contributed by atoms with Gasteiger partial charge in [-0.15, -0.1) is 10.2 Å². The summed E-state index contributed by atoms with van der Waals surface area (Å²) in [5.41, 5.74) is 0.323. The van der Waals surface area contributed by atoms with E-state index in [2.05, 4.69) is 36.2 Å². The summed E-state index contributed by atoms with van der Waals surface area (Å²) in [6.07, 6.45) is 2.64. The highest BCUT2D eigenvalue weighted by molar-refractivity contribution is 6.31. The minimum absolute atomic E-state index is 0.0262. The molecule has 0 atom stereocenters. The highest BCUT2D eigenvalue weighted by atomic mass is 35.5. The molecule has 0 spiro atoms. The number of hydrogen-bond acceptors (Lipinski definition) is 8. The maximum atomic E-state index is 14.3. The zero-order chi connectivity index (χ0) is 21.9. The van der Waals surface area contributed by atoms with Gasteiger partial charge in [0.1, 0.15) is 11.4 Å². The van der Waals surface area contributed by atoms with Crippen LogP contribution in [0.5, 0.6) is 0 Å². The largest absolute Gasteiger partial charge is 0.444 e. The van der Waals surface area contributed by atoms with Crippen molar-refractivity contribution in [2.45, 2.75) is 26.4 Å². The van der Waals surface area contributed by atoms with E-state index in [1.165, 1.54) is 18.2 Å². The smallest absolute Gasteiger partial charge is 0.412 e. The van der Waals surface area contributed by atoms with Crippen molar-refractivity contribution in [1.29, 1.82) is 0 Å². The van der Waals surface area contributed by atoms with Gasteiger partial charge in [0.2, 0.25) is 5.95 Å². The number of aryl methyl sites for hydroxylation is 1. The van der Waals surface area contributed by atoms with Crippen molar-refractivity contribution in [3.8, 4) is 0 Å². The van der Waals surface area contributed by atoms with Crippen LogP contribution in [0.4, 0.5) is 38.0 Å². The second-order valence-electron chi connectivity index (χ2n) is 7.25. The van der Waals surface area contributed by atoms with E-state index in [-0.39, 0.29) is 22.6 Å². The molecule has 0 unspecified atom stereocenters. The van der Waals surface area contributed by atoms with Gasteiger partial charge >= 0.3 is 6.09 Å². The number of rotatable bonds is 5. The van der Waals surface area contributed by atoms with Gasteiger partial charge in [0.15, 0.2) is 11.0 Å². The molecule has 0 fully saturated rings. The average molecular weight is 435 g/mol. The first-order chi connectivity index (χ1) is 14.1. The van der Waals surface area contributed by atoms with E-state index >= 15 is 0 Å². The number of carbonyl (C=O) groups is 1. The molecule has 2 heterocycles. The van der Waals surface area contributed by atoms with Gasteiger partial charge in [-0.1, -0.05) is 11.6 Å². The van der Waals surface area contributed by atoms with Crippen molar-refractivity contribution in [3.63, 3.8) is 0 Å². The first-order valence-electron chi connectivity index (χ1n) is 8.81. The highest BCUT2D eigenvalue weighted by Gasteiger charge is 2.17. The van der Waals surface area contributed by atoms with E-state index in [4.69, 9.17) is 16.3 Å². The van der Waals surface area contributed by atoms with Crippen molar-refractivity contribution in [2.75, 3.05) is 16.0 Å². The van der Waals surface area contributed by atoms with Crippen LogP contribution in [0.1, 0.15) is 20.8 Å². The molecule has 0 bridgehead atoms. The molecule has 158 valence electrons. The number of aromatic nitrogens is 5. The summed E-state index contributed by atoms with van der Waals surface area (Å²) in [6.45, 7) is 5.22. The summed E-state index contributed by atoms with van der Waals surface area (Å²) in [5.74, 6) is -0.370. The fourth-order valence-corrected chi connectivity index (χ4v) is 2.44. The zero-order valence-electron chi connectivity index (χ0n) is 16.7. The van der Waals surface area contributed by atoms with Crippen LogP contribution >= 0.6 is 11.6 Å². The van der Waals surface area contributed by atoms with Crippen LogP contribution in [0, 0.1) is 5.82 Å². The lowest BCUT2D eigenvalue weighted by molar-refractivity contribution is 0.0636. The molecule has 0 aliphatic heterocycles. The van der Waals surface area contributed by atoms with E-state index in [0.717, 1.165) is 0 Å². The zero-order valence-corrected chi connectivity index (χ0v) is 17.5. The normalized spacial score (nSPS) is 11.1. The summed E-state index contributed by atoms with van der Waals surface area (Å²) in [7, 11) is 1.76. The first kappa shape index (κ1) is 21.2. The molecule has 12 heteroatoms. The summed E-state index contributed by atoms with van der Waals surface area (Å²) in [5, 5.41) is 19.8. The number of nitrogens with one attached hydrogen (secondary N) is 3. The first-order valence-corrected chi connectivity index (χ1v) is 9.19. The lowest BCUT2D eigenvalue weighted by atomic mass is 10.2. The topological polar surface area (TPSA) is 119 Å². The van der Waals surface area contributed by atoms with Gasteiger partial charge in [0, 0.05) is 18.9 Å². The molecule has 3 aromatic rings. The van der Waals surface area contributed by atoms with E-state index in [0.29, 0.717) is 11.4 Å². The van der Waals surface area contributed by atoms with Gasteiger partial charge in [-0.25, -0.2) is 9.18 Å². The number of benzene rings is 1. The van der Waals surface area contributed by atoms with Crippen molar-refractivity contribution in [2.24, 2.45) is 7.05 Å². The maximum Gasteiger partial charge on any atom is 0.412 e. The van der Waals surface area contributed by atoms with Crippen molar-refractivity contribution in [3.05, 3.63) is 41.6 Å². The third-order valence-electron chi connectivity index (χ3n) is 3.47. The van der Waals surface area contributed by atoms with E-state index in [9.17, 15) is 9.18 Å². The Morgan fingerprint density at radius 2 is 1.97 bits per heavy atom. The van der Waals surface area contributed by atoms with Crippen molar-refractivity contribution >= 4 is 46.5 Å².